The van der Waals surface area contributed by atoms with E-state index in [9.17, 15) is 4.79 Å². The highest BCUT2D eigenvalue weighted by Gasteiger charge is 2.23. The molecule has 1 aromatic heterocycles. The second kappa shape index (κ2) is 9.68. The van der Waals surface area contributed by atoms with Gasteiger partial charge >= 0.3 is 6.03 Å². The average molecular weight is 431 g/mol. The first-order valence-corrected chi connectivity index (χ1v) is 11.1. The number of hydrogen-bond donors (Lipinski definition) is 2. The van der Waals surface area contributed by atoms with E-state index in [0.29, 0.717) is 18.9 Å². The van der Waals surface area contributed by atoms with Crippen molar-refractivity contribution in [2.45, 2.75) is 27.2 Å². The lowest BCUT2D eigenvalue weighted by Gasteiger charge is -2.35. The lowest BCUT2D eigenvalue weighted by atomic mass is 10.1. The molecule has 32 heavy (non-hydrogen) atoms. The number of para-hydroxylation sites is 1. The quantitative estimate of drug-likeness (QED) is 0.611. The summed E-state index contributed by atoms with van der Waals surface area (Å²) in [5.41, 5.74) is 4.24. The molecule has 0 unspecified atom stereocenters. The van der Waals surface area contributed by atoms with Gasteiger partial charge in [0.1, 0.15) is 17.5 Å². The van der Waals surface area contributed by atoms with E-state index in [-0.39, 0.29) is 6.03 Å². The molecule has 2 N–H and O–H groups in total. The average Bonchev–Trinajstić information content (AvgIpc) is 2.80. The number of urea groups is 1. The fraction of sp³-hybridized carbons (Fsp3) is 0.320. The molecule has 0 bridgehead atoms. The van der Waals surface area contributed by atoms with E-state index in [1.165, 1.54) is 5.56 Å². The zero-order chi connectivity index (χ0) is 22.5. The van der Waals surface area contributed by atoms with Crippen LogP contribution in [0.2, 0.25) is 0 Å². The van der Waals surface area contributed by atoms with E-state index in [1.54, 1.807) is 0 Å². The second-order valence-corrected chi connectivity index (χ2v) is 8.06. The van der Waals surface area contributed by atoms with Crippen LogP contribution in [0.3, 0.4) is 0 Å². The van der Waals surface area contributed by atoms with Crippen LogP contribution >= 0.6 is 0 Å². The van der Waals surface area contributed by atoms with E-state index in [1.807, 2.05) is 54.3 Å². The third-order valence-corrected chi connectivity index (χ3v) is 5.68. The fourth-order valence-electron chi connectivity index (χ4n) is 3.85. The molecular formula is C25H30N6O. The van der Waals surface area contributed by atoms with Crippen LogP contribution in [-0.4, -0.2) is 47.1 Å². The molecule has 0 atom stereocenters. The molecule has 4 rings (SSSR count). The number of rotatable bonds is 5. The minimum Gasteiger partial charge on any atom is -0.353 e. The molecule has 7 heteroatoms. The minimum absolute atomic E-state index is 0.0499. The van der Waals surface area contributed by atoms with Gasteiger partial charge in [0.2, 0.25) is 0 Å². The highest BCUT2D eigenvalue weighted by atomic mass is 16.2. The Labute approximate surface area is 189 Å². The Hall–Kier alpha value is -3.61. The molecule has 0 aliphatic carbocycles. The van der Waals surface area contributed by atoms with Gasteiger partial charge in [-0.05, 0) is 44.0 Å². The number of piperazine rings is 1. The van der Waals surface area contributed by atoms with Crippen molar-refractivity contribution in [3.05, 3.63) is 71.5 Å². The summed E-state index contributed by atoms with van der Waals surface area (Å²) >= 11 is 0. The minimum atomic E-state index is -0.0499. The van der Waals surface area contributed by atoms with Gasteiger partial charge < -0.3 is 20.4 Å². The largest absolute Gasteiger partial charge is 0.353 e. The zero-order valence-corrected chi connectivity index (χ0v) is 18.9. The van der Waals surface area contributed by atoms with Gasteiger partial charge in [0, 0.05) is 43.6 Å². The molecular weight excluding hydrogens is 400 g/mol. The number of nitrogens with zero attached hydrogens (tertiary/aromatic N) is 4. The highest BCUT2D eigenvalue weighted by Crippen LogP contribution is 2.22. The topological polar surface area (TPSA) is 73.4 Å². The molecule has 0 saturated carbocycles. The van der Waals surface area contributed by atoms with Crippen molar-refractivity contribution in [2.24, 2.45) is 0 Å². The summed E-state index contributed by atoms with van der Waals surface area (Å²) in [6.45, 7) is 8.80. The number of carbonyl (C=O) groups excluding carboxylic acids is 1. The third-order valence-electron chi connectivity index (χ3n) is 5.68. The maximum Gasteiger partial charge on any atom is 0.321 e. The Morgan fingerprint density at radius 2 is 1.69 bits per heavy atom. The third kappa shape index (κ3) is 5.17. The molecule has 1 aliphatic heterocycles. The molecule has 0 spiro atoms. The van der Waals surface area contributed by atoms with Crippen molar-refractivity contribution in [1.82, 2.24) is 14.9 Å². The van der Waals surface area contributed by atoms with Crippen LogP contribution in [0.4, 0.5) is 27.8 Å². The van der Waals surface area contributed by atoms with Gasteiger partial charge in [-0.15, -0.1) is 0 Å². The van der Waals surface area contributed by atoms with Crippen molar-refractivity contribution >= 4 is 29.0 Å². The zero-order valence-electron chi connectivity index (χ0n) is 18.9. The molecule has 1 aliphatic rings. The van der Waals surface area contributed by atoms with Crippen molar-refractivity contribution in [2.75, 3.05) is 41.7 Å². The van der Waals surface area contributed by atoms with Gasteiger partial charge in [-0.3, -0.25) is 0 Å². The maximum atomic E-state index is 12.8. The van der Waals surface area contributed by atoms with Crippen molar-refractivity contribution < 1.29 is 4.79 Å². The Morgan fingerprint density at radius 3 is 2.41 bits per heavy atom. The monoisotopic (exact) mass is 430 g/mol. The second-order valence-electron chi connectivity index (χ2n) is 8.06. The Kier molecular flexibility index (Phi) is 6.54. The Morgan fingerprint density at radius 1 is 0.969 bits per heavy atom. The van der Waals surface area contributed by atoms with Crippen LogP contribution in [-0.2, 0) is 6.42 Å². The summed E-state index contributed by atoms with van der Waals surface area (Å²) in [7, 11) is 0. The Balaban J connectivity index is 1.39. The van der Waals surface area contributed by atoms with Crippen LogP contribution in [0.15, 0.2) is 54.6 Å². The number of benzene rings is 2. The molecule has 166 valence electrons. The van der Waals surface area contributed by atoms with E-state index >= 15 is 0 Å². The summed E-state index contributed by atoms with van der Waals surface area (Å²) in [4.78, 5) is 26.0. The van der Waals surface area contributed by atoms with Crippen LogP contribution in [0.5, 0.6) is 0 Å². The van der Waals surface area contributed by atoms with Crippen molar-refractivity contribution in [3.63, 3.8) is 0 Å². The van der Waals surface area contributed by atoms with Crippen LogP contribution < -0.4 is 15.5 Å². The lowest BCUT2D eigenvalue weighted by Crippen LogP contribution is -2.50. The van der Waals surface area contributed by atoms with Gasteiger partial charge in [-0.25, -0.2) is 14.8 Å². The fourth-order valence-corrected chi connectivity index (χ4v) is 3.85. The predicted octanol–water partition coefficient (Wildman–Crippen LogP) is 4.75. The molecule has 3 aromatic rings. The Bertz CT molecular complexity index is 1070. The smallest absolute Gasteiger partial charge is 0.321 e. The molecule has 2 heterocycles. The van der Waals surface area contributed by atoms with Crippen molar-refractivity contribution in [1.29, 1.82) is 0 Å². The van der Waals surface area contributed by atoms with Gasteiger partial charge in [0.25, 0.3) is 0 Å². The van der Waals surface area contributed by atoms with Crippen LogP contribution in [0.1, 0.15) is 23.9 Å². The summed E-state index contributed by atoms with van der Waals surface area (Å²) in [5.74, 6) is 2.37. The number of amides is 2. The summed E-state index contributed by atoms with van der Waals surface area (Å²) in [5, 5.41) is 6.43. The van der Waals surface area contributed by atoms with Gasteiger partial charge in [0.15, 0.2) is 0 Å². The van der Waals surface area contributed by atoms with Gasteiger partial charge in [0.05, 0.1) is 0 Å². The first kappa shape index (κ1) is 21.6. The molecule has 1 fully saturated rings. The highest BCUT2D eigenvalue weighted by molar-refractivity contribution is 5.90. The normalized spacial score (nSPS) is 13.7. The summed E-state index contributed by atoms with van der Waals surface area (Å²) in [6, 6.07) is 18.1. The predicted molar refractivity (Wildman–Crippen MR) is 130 cm³/mol. The van der Waals surface area contributed by atoms with Crippen LogP contribution in [0, 0.1) is 13.8 Å². The first-order chi connectivity index (χ1) is 15.5. The number of carbonyl (C=O) groups is 1. The number of hydrogen-bond acceptors (Lipinski definition) is 5. The van der Waals surface area contributed by atoms with E-state index in [0.717, 1.165) is 48.1 Å². The molecule has 2 amide bonds. The standard InChI is InChI=1S/C25H30N6O/c1-4-20-7-5-6-8-22(20)29-25(32)31-15-13-30(14-16-31)24-17-23(26-19(3)27-24)28-21-11-9-18(2)10-12-21/h5-12,17H,4,13-16H2,1-3H3,(H,29,32)(H,26,27,28). The van der Waals surface area contributed by atoms with Crippen LogP contribution in [0.25, 0.3) is 0 Å². The molecule has 2 aromatic carbocycles. The molecule has 0 radical (unpaired) electrons. The van der Waals surface area contributed by atoms with Gasteiger partial charge in [-0.2, -0.15) is 0 Å². The molecule has 1 saturated heterocycles. The van der Waals surface area contributed by atoms with E-state index < -0.39 is 0 Å². The maximum absolute atomic E-state index is 12.8. The molecule has 7 nitrogen and oxygen atoms in total. The van der Waals surface area contributed by atoms with Crippen molar-refractivity contribution in [3.8, 4) is 0 Å². The number of anilines is 4. The first-order valence-electron chi connectivity index (χ1n) is 11.1. The SMILES string of the molecule is CCc1ccccc1NC(=O)N1CCN(c2cc(Nc3ccc(C)cc3)nc(C)n2)CC1. The number of aromatic nitrogens is 2. The number of nitrogens with one attached hydrogen (secondary N) is 2. The summed E-state index contributed by atoms with van der Waals surface area (Å²) < 4.78 is 0. The van der Waals surface area contributed by atoms with E-state index in [4.69, 9.17) is 0 Å². The van der Waals surface area contributed by atoms with Gasteiger partial charge in [-0.1, -0.05) is 42.8 Å². The summed E-state index contributed by atoms with van der Waals surface area (Å²) in [6.07, 6.45) is 0.885. The van der Waals surface area contributed by atoms with E-state index in [2.05, 4.69) is 51.5 Å². The number of aryl methyl sites for hydroxylation is 3. The lowest BCUT2D eigenvalue weighted by molar-refractivity contribution is 0.208.